The summed E-state index contributed by atoms with van der Waals surface area (Å²) in [5.74, 6) is 1.21. The van der Waals surface area contributed by atoms with E-state index in [0.29, 0.717) is 13.2 Å². The third-order valence-corrected chi connectivity index (χ3v) is 10.5. The normalized spacial score (nSPS) is 13.3. The Hall–Kier alpha value is 0.500. The van der Waals surface area contributed by atoms with Crippen LogP contribution in [0.5, 0.6) is 0 Å². The maximum atomic E-state index is 9.14. The third kappa shape index (κ3) is 30.3. The molecule has 0 radical (unpaired) electrons. The lowest BCUT2D eigenvalue weighted by molar-refractivity contribution is 0.227. The Morgan fingerprint density at radius 1 is 0.585 bits per heavy atom. The summed E-state index contributed by atoms with van der Waals surface area (Å²) in [6, 6.07) is 0. The van der Waals surface area contributed by atoms with Gasteiger partial charge in [0.05, 0.1) is 6.61 Å². The Labute approximate surface area is 263 Å². The van der Waals surface area contributed by atoms with Gasteiger partial charge in [-0.15, -0.1) is 11.8 Å². The molecule has 0 spiro atoms. The van der Waals surface area contributed by atoms with E-state index in [1.165, 1.54) is 108 Å². The van der Waals surface area contributed by atoms with Crippen molar-refractivity contribution in [3.63, 3.8) is 0 Å². The van der Waals surface area contributed by atoms with Gasteiger partial charge < -0.3 is 15.1 Å². The van der Waals surface area contributed by atoms with E-state index in [1.807, 2.05) is 11.8 Å². The maximum absolute atomic E-state index is 9.14. The zero-order valence-electron chi connectivity index (χ0n) is 28.1. The highest BCUT2D eigenvalue weighted by molar-refractivity contribution is 8.25. The molecule has 0 saturated carbocycles. The molecule has 0 amide bonds. The monoisotopic (exact) mass is 623 g/mol. The minimum Gasteiger partial charge on any atom is -0.396 e. The fourth-order valence-corrected chi connectivity index (χ4v) is 8.04. The van der Waals surface area contributed by atoms with Gasteiger partial charge in [0.1, 0.15) is 5.44 Å². The second-order valence-electron chi connectivity index (χ2n) is 12.2. The smallest absolute Gasteiger partial charge is 0.127 e. The van der Waals surface area contributed by atoms with Crippen molar-refractivity contribution in [3.8, 4) is 0 Å². The van der Waals surface area contributed by atoms with Crippen LogP contribution in [0.4, 0.5) is 0 Å². The van der Waals surface area contributed by atoms with Crippen LogP contribution in [0.2, 0.25) is 0 Å². The number of hydrogen-bond donors (Lipinski definition) is 2. The number of aliphatic hydroxyl groups is 2. The Morgan fingerprint density at radius 3 is 1.66 bits per heavy atom. The molecular weight excluding hydrogens is 551 g/mol. The molecule has 0 aromatic heterocycles. The van der Waals surface area contributed by atoms with Crippen LogP contribution in [0.1, 0.15) is 155 Å². The molecule has 0 rings (SSSR count). The number of aliphatic hydroxyl groups excluding tert-OH is 2. The lowest BCUT2D eigenvalue weighted by atomic mass is 10.1. The molecule has 0 aromatic rings. The SMILES string of the molecule is CCCCCCCCSC(CCCCCCC)OS(C)(C)OCCCCCCN(CCCCO)CCCCCCO. The van der Waals surface area contributed by atoms with Gasteiger partial charge in [-0.25, -0.2) is 0 Å². The van der Waals surface area contributed by atoms with Crippen LogP contribution in [0, 0.1) is 0 Å². The molecule has 0 aliphatic rings. The van der Waals surface area contributed by atoms with Gasteiger partial charge in [-0.05, 0) is 83.2 Å². The van der Waals surface area contributed by atoms with Crippen LogP contribution in [-0.2, 0) is 8.37 Å². The van der Waals surface area contributed by atoms with Crippen molar-refractivity contribution in [3.05, 3.63) is 0 Å². The molecule has 1 unspecified atom stereocenters. The Morgan fingerprint density at radius 2 is 1.05 bits per heavy atom. The number of rotatable bonds is 34. The fraction of sp³-hybridized carbons (Fsp3) is 1.00. The molecule has 0 aliphatic heterocycles. The van der Waals surface area contributed by atoms with Crippen molar-refractivity contribution in [1.82, 2.24) is 4.90 Å². The summed E-state index contributed by atoms with van der Waals surface area (Å²) < 4.78 is 13.0. The molecule has 250 valence electrons. The van der Waals surface area contributed by atoms with Gasteiger partial charge in [-0.2, -0.15) is 10.6 Å². The van der Waals surface area contributed by atoms with Gasteiger partial charge in [0.15, 0.2) is 0 Å². The summed E-state index contributed by atoms with van der Waals surface area (Å²) in [7, 11) is -1.48. The van der Waals surface area contributed by atoms with E-state index in [-0.39, 0.29) is 5.44 Å². The van der Waals surface area contributed by atoms with Gasteiger partial charge >= 0.3 is 0 Å². The molecule has 2 N–H and O–H groups in total. The summed E-state index contributed by atoms with van der Waals surface area (Å²) in [5, 5.41) is 18.1. The highest BCUT2D eigenvalue weighted by Crippen LogP contribution is 2.46. The molecule has 5 nitrogen and oxygen atoms in total. The van der Waals surface area contributed by atoms with Gasteiger partial charge in [0, 0.05) is 25.7 Å². The molecule has 0 fully saturated rings. The predicted octanol–water partition coefficient (Wildman–Crippen LogP) is 9.88. The standard InChI is InChI=1S/C34H73NO4S2/c1-5-7-9-11-17-25-33-40-34(26-18-12-10-8-6-2)39-41(3,4)38-32-24-16-14-20-28-35(29-21-23-31-37)27-19-13-15-22-30-36/h34,36-37H,5-33H2,1-4H3. The van der Waals surface area contributed by atoms with Crippen molar-refractivity contribution in [1.29, 1.82) is 0 Å². The first-order valence-corrected chi connectivity index (χ1v) is 21.0. The van der Waals surface area contributed by atoms with Crippen LogP contribution in [0.3, 0.4) is 0 Å². The number of nitrogens with zero attached hydrogens (tertiary/aromatic N) is 1. The molecule has 1 atom stereocenters. The summed E-state index contributed by atoms with van der Waals surface area (Å²) in [4.78, 5) is 2.58. The summed E-state index contributed by atoms with van der Waals surface area (Å²) >= 11 is 2.03. The van der Waals surface area contributed by atoms with E-state index in [0.717, 1.165) is 64.8 Å². The largest absolute Gasteiger partial charge is 0.396 e. The Kier molecular flexibility index (Phi) is 32.3. The average Bonchev–Trinajstić information content (AvgIpc) is 2.95. The molecule has 0 bridgehead atoms. The highest BCUT2D eigenvalue weighted by Gasteiger charge is 2.18. The first-order chi connectivity index (χ1) is 20.0. The van der Waals surface area contributed by atoms with Crippen molar-refractivity contribution in [2.75, 3.05) is 57.7 Å². The number of unbranched alkanes of at least 4 members (excludes halogenated alkanes) is 16. The van der Waals surface area contributed by atoms with Crippen LogP contribution in [-0.4, -0.2) is 78.3 Å². The highest BCUT2D eigenvalue weighted by atomic mass is 32.3. The average molecular weight is 624 g/mol. The zero-order chi connectivity index (χ0) is 30.3. The number of thioether (sulfide) groups is 1. The summed E-state index contributed by atoms with van der Waals surface area (Å²) in [6.45, 7) is 9.37. The molecule has 0 aromatic carbocycles. The van der Waals surface area contributed by atoms with Gasteiger partial charge in [-0.1, -0.05) is 97.3 Å². The molecule has 0 aliphatic carbocycles. The molecular formula is C34H73NO4S2. The van der Waals surface area contributed by atoms with E-state index in [2.05, 4.69) is 31.3 Å². The van der Waals surface area contributed by atoms with Crippen LogP contribution in [0.25, 0.3) is 0 Å². The summed E-state index contributed by atoms with van der Waals surface area (Å²) in [5.41, 5.74) is 0.276. The van der Waals surface area contributed by atoms with E-state index in [1.54, 1.807) is 0 Å². The molecule has 0 saturated heterocycles. The molecule has 0 heterocycles. The van der Waals surface area contributed by atoms with E-state index in [9.17, 15) is 0 Å². The lowest BCUT2D eigenvalue weighted by Crippen LogP contribution is -2.27. The molecule has 7 heteroatoms. The van der Waals surface area contributed by atoms with Gasteiger partial charge in [0.25, 0.3) is 0 Å². The lowest BCUT2D eigenvalue weighted by Gasteiger charge is -2.38. The first-order valence-electron chi connectivity index (χ1n) is 17.6. The van der Waals surface area contributed by atoms with Crippen molar-refractivity contribution >= 4 is 22.4 Å². The van der Waals surface area contributed by atoms with Crippen molar-refractivity contribution < 1.29 is 18.6 Å². The minimum absolute atomic E-state index is 0.276. The second-order valence-corrected chi connectivity index (χ2v) is 16.1. The molecule has 41 heavy (non-hydrogen) atoms. The Bertz CT molecular complexity index is 513. The van der Waals surface area contributed by atoms with Gasteiger partial charge in [-0.3, -0.25) is 8.37 Å². The summed E-state index contributed by atoms with van der Waals surface area (Å²) in [6.07, 6.45) is 31.5. The van der Waals surface area contributed by atoms with Crippen LogP contribution in [0.15, 0.2) is 0 Å². The van der Waals surface area contributed by atoms with Gasteiger partial charge in [0.2, 0.25) is 0 Å². The second kappa shape index (κ2) is 31.9. The third-order valence-electron chi connectivity index (χ3n) is 7.68. The Balaban J connectivity index is 4.28. The first kappa shape index (κ1) is 41.5. The fourth-order valence-electron chi connectivity index (χ4n) is 5.09. The number of hydrogen-bond acceptors (Lipinski definition) is 6. The van der Waals surface area contributed by atoms with Crippen LogP contribution >= 0.6 is 22.4 Å². The predicted molar refractivity (Wildman–Crippen MR) is 186 cm³/mol. The zero-order valence-corrected chi connectivity index (χ0v) is 29.7. The van der Waals surface area contributed by atoms with E-state index in [4.69, 9.17) is 18.6 Å². The minimum atomic E-state index is -1.48. The van der Waals surface area contributed by atoms with Crippen molar-refractivity contribution in [2.24, 2.45) is 0 Å². The quantitative estimate of drug-likeness (QED) is 0.0549. The van der Waals surface area contributed by atoms with Crippen molar-refractivity contribution in [2.45, 2.75) is 161 Å². The van der Waals surface area contributed by atoms with E-state index < -0.39 is 10.6 Å². The topological polar surface area (TPSA) is 62.2 Å². The van der Waals surface area contributed by atoms with Crippen LogP contribution < -0.4 is 0 Å². The maximum Gasteiger partial charge on any atom is 0.127 e. The van der Waals surface area contributed by atoms with E-state index >= 15 is 0 Å².